The molecule has 1 radical (unpaired) electrons. The van der Waals surface area contributed by atoms with Crippen molar-refractivity contribution in [2.24, 2.45) is 0 Å². The van der Waals surface area contributed by atoms with Crippen LogP contribution in [0.25, 0.3) is 0 Å². The highest BCUT2D eigenvalue weighted by molar-refractivity contribution is 8.13. The molecule has 0 amide bonds. The zero-order valence-electron chi connectivity index (χ0n) is 6.36. The van der Waals surface area contributed by atoms with E-state index in [9.17, 15) is 8.42 Å². The molecule has 0 spiro atoms. The van der Waals surface area contributed by atoms with Gasteiger partial charge in [0.05, 0.1) is 4.90 Å². The molecule has 0 atom stereocenters. The van der Waals surface area contributed by atoms with Gasteiger partial charge in [0.15, 0.2) is 7.28 Å². The molecule has 0 fully saturated rings. The van der Waals surface area contributed by atoms with E-state index < -0.39 is 9.05 Å². The highest BCUT2D eigenvalue weighted by Crippen LogP contribution is 2.09. The molecule has 1 rings (SSSR count). The van der Waals surface area contributed by atoms with Crippen LogP contribution in [-0.2, 0) is 9.05 Å². The van der Waals surface area contributed by atoms with Gasteiger partial charge in [-0.15, -0.1) is 0 Å². The summed E-state index contributed by atoms with van der Waals surface area (Å²) in [6.45, 7) is 1.70. The van der Waals surface area contributed by atoms with E-state index in [1.807, 2.05) is 0 Å². The molecule has 0 unspecified atom stereocenters. The largest absolute Gasteiger partial charge is 0.271 e. The van der Waals surface area contributed by atoms with Crippen molar-refractivity contribution in [2.45, 2.75) is 11.7 Å². The molecule has 1 heterocycles. The maximum absolute atomic E-state index is 10.9. The molecule has 12 heavy (non-hydrogen) atoms. The molecule has 6 heteroatoms. The average molecular weight is 202 g/mol. The van der Waals surface area contributed by atoms with Crippen molar-refractivity contribution in [1.29, 1.82) is 0 Å². The Morgan fingerprint density at radius 3 is 2.67 bits per heavy atom. The van der Waals surface area contributed by atoms with E-state index in [0.29, 0.717) is 5.59 Å². The second-order valence-electron chi connectivity index (χ2n) is 2.11. The predicted molar refractivity (Wildman–Crippen MR) is 48.5 cm³/mol. The van der Waals surface area contributed by atoms with Crippen LogP contribution in [-0.4, -0.2) is 20.7 Å². The van der Waals surface area contributed by atoms with Gasteiger partial charge in [0, 0.05) is 22.5 Å². The molecular weight excluding hydrogens is 196 g/mol. The molecule has 0 saturated heterocycles. The topological polar surface area (TPSA) is 47.0 Å². The molecule has 3 nitrogen and oxygen atoms in total. The summed E-state index contributed by atoms with van der Waals surface area (Å²) in [5.41, 5.74) is 0.382. The van der Waals surface area contributed by atoms with Crippen LogP contribution >= 0.6 is 10.7 Å². The zero-order valence-corrected chi connectivity index (χ0v) is 7.93. The van der Waals surface area contributed by atoms with Crippen LogP contribution in [0.15, 0.2) is 23.2 Å². The van der Waals surface area contributed by atoms with Gasteiger partial charge in [-0.25, -0.2) is 8.42 Å². The molecule has 0 N–H and O–H groups in total. The van der Waals surface area contributed by atoms with Crippen molar-refractivity contribution in [3.8, 4) is 0 Å². The summed E-state index contributed by atoms with van der Waals surface area (Å²) < 4.78 is 21.8. The normalized spacial score (nSPS) is 11.2. The van der Waals surface area contributed by atoms with Gasteiger partial charge < -0.3 is 0 Å². The van der Waals surface area contributed by atoms with Crippen LogP contribution in [0.3, 0.4) is 0 Å². The van der Waals surface area contributed by atoms with E-state index in [2.05, 4.69) is 4.98 Å². The quantitative estimate of drug-likeness (QED) is 0.515. The van der Waals surface area contributed by atoms with Crippen molar-refractivity contribution in [3.63, 3.8) is 0 Å². The van der Waals surface area contributed by atoms with Crippen LogP contribution in [0.5, 0.6) is 0 Å². The summed E-state index contributed by atoms with van der Waals surface area (Å²) in [6.07, 6.45) is 1.51. The minimum Gasteiger partial charge on any atom is -0.271 e. The Balaban J connectivity index is 3.33. The maximum atomic E-state index is 10.9. The SMILES string of the molecule is C[B]c1ncccc1S(=O)(=O)Cl. The first-order valence-corrected chi connectivity index (χ1v) is 5.55. The lowest BCUT2D eigenvalue weighted by atomic mass is 9.77. The fourth-order valence-electron chi connectivity index (χ4n) is 0.826. The number of hydrogen-bond acceptors (Lipinski definition) is 3. The highest BCUT2D eigenvalue weighted by Gasteiger charge is 2.14. The lowest BCUT2D eigenvalue weighted by Gasteiger charge is -2.00. The molecular formula is C6H6BClNO2S. The Bertz CT molecular complexity index is 379. The highest BCUT2D eigenvalue weighted by atomic mass is 35.7. The van der Waals surface area contributed by atoms with Crippen molar-refractivity contribution in [2.75, 3.05) is 0 Å². The van der Waals surface area contributed by atoms with E-state index >= 15 is 0 Å². The van der Waals surface area contributed by atoms with E-state index in [0.717, 1.165) is 0 Å². The van der Waals surface area contributed by atoms with Crippen LogP contribution in [0.4, 0.5) is 0 Å². The average Bonchev–Trinajstić information content (AvgIpc) is 2.03. The number of rotatable bonds is 2. The maximum Gasteiger partial charge on any atom is 0.262 e. The van der Waals surface area contributed by atoms with E-state index in [1.54, 1.807) is 14.1 Å². The van der Waals surface area contributed by atoms with Gasteiger partial charge in [-0.2, -0.15) is 0 Å². The third-order valence-electron chi connectivity index (χ3n) is 1.34. The van der Waals surface area contributed by atoms with Gasteiger partial charge in [-0.1, -0.05) is 6.82 Å². The van der Waals surface area contributed by atoms with Crippen LogP contribution in [0, 0.1) is 0 Å². The number of halogens is 1. The summed E-state index contributed by atoms with van der Waals surface area (Å²) >= 11 is 0. The van der Waals surface area contributed by atoms with E-state index in [1.165, 1.54) is 18.3 Å². The zero-order chi connectivity index (χ0) is 9.19. The Hall–Kier alpha value is -0.545. The first kappa shape index (κ1) is 9.54. The molecule has 0 aliphatic heterocycles. The van der Waals surface area contributed by atoms with Crippen LogP contribution in [0.1, 0.15) is 0 Å². The Labute approximate surface area is 76.4 Å². The monoisotopic (exact) mass is 202 g/mol. The van der Waals surface area contributed by atoms with Crippen molar-refractivity contribution in [1.82, 2.24) is 4.98 Å². The summed E-state index contributed by atoms with van der Waals surface area (Å²) in [4.78, 5) is 3.89. The molecule has 1 aromatic heterocycles. The number of nitrogens with zero attached hydrogens (tertiary/aromatic N) is 1. The van der Waals surface area contributed by atoms with Gasteiger partial charge in [-0.05, 0) is 12.1 Å². The fourth-order valence-corrected chi connectivity index (χ4v) is 1.88. The molecule has 0 aliphatic carbocycles. The van der Waals surface area contributed by atoms with Gasteiger partial charge in [0.1, 0.15) is 0 Å². The fraction of sp³-hybridized carbons (Fsp3) is 0.167. The Morgan fingerprint density at radius 1 is 1.58 bits per heavy atom. The standard InChI is InChI=1S/C6H6BClNO2S/c1-7-6-5(12(8,10)11)3-2-4-9-6/h2-4H,1H3. The smallest absolute Gasteiger partial charge is 0.262 e. The third kappa shape index (κ3) is 1.98. The van der Waals surface area contributed by atoms with Crippen molar-refractivity contribution < 1.29 is 8.42 Å². The first-order valence-electron chi connectivity index (χ1n) is 3.24. The number of hydrogen-bond donors (Lipinski definition) is 0. The van der Waals surface area contributed by atoms with Crippen molar-refractivity contribution >= 4 is 32.6 Å². The molecule has 0 aromatic carbocycles. The van der Waals surface area contributed by atoms with Gasteiger partial charge in [0.2, 0.25) is 0 Å². The summed E-state index contributed by atoms with van der Waals surface area (Å²) in [6, 6.07) is 2.95. The lowest BCUT2D eigenvalue weighted by molar-refractivity contribution is 0.610. The summed E-state index contributed by atoms with van der Waals surface area (Å²) in [5.74, 6) is 0. The van der Waals surface area contributed by atoms with Gasteiger partial charge in [0.25, 0.3) is 9.05 Å². The predicted octanol–water partition coefficient (Wildman–Crippen LogP) is 0.387. The molecule has 63 valence electrons. The molecule has 0 bridgehead atoms. The lowest BCUT2D eigenvalue weighted by Crippen LogP contribution is -2.21. The number of aromatic nitrogens is 1. The van der Waals surface area contributed by atoms with Gasteiger partial charge >= 0.3 is 0 Å². The second kappa shape index (κ2) is 3.45. The Morgan fingerprint density at radius 2 is 2.25 bits per heavy atom. The second-order valence-corrected chi connectivity index (χ2v) is 4.65. The minimum atomic E-state index is -3.67. The van der Waals surface area contributed by atoms with Crippen molar-refractivity contribution in [3.05, 3.63) is 18.3 Å². The summed E-state index contributed by atoms with van der Waals surface area (Å²) in [5, 5.41) is 0. The number of pyridine rings is 1. The molecule has 0 aliphatic rings. The van der Waals surface area contributed by atoms with E-state index in [4.69, 9.17) is 10.7 Å². The third-order valence-corrected chi connectivity index (χ3v) is 2.71. The van der Waals surface area contributed by atoms with E-state index in [-0.39, 0.29) is 4.90 Å². The molecule has 1 aromatic rings. The van der Waals surface area contributed by atoms with Crippen LogP contribution < -0.4 is 5.59 Å². The summed E-state index contributed by atoms with van der Waals surface area (Å²) in [7, 11) is 3.08. The van der Waals surface area contributed by atoms with Crippen LogP contribution in [0.2, 0.25) is 6.82 Å². The minimum absolute atomic E-state index is 0.0502. The Kier molecular flexibility index (Phi) is 2.74. The molecule has 0 saturated carbocycles. The first-order chi connectivity index (χ1) is 5.55. The van der Waals surface area contributed by atoms with Gasteiger partial charge in [-0.3, -0.25) is 4.98 Å².